The number of likely N-dealkylation sites (N-methyl/N-ethyl adjacent to an activating group) is 1. The van der Waals surface area contributed by atoms with Crippen molar-refractivity contribution in [1.29, 1.82) is 0 Å². The number of carbonyl (C=O) groups excluding carboxylic acids is 1. The van der Waals surface area contributed by atoms with E-state index in [9.17, 15) is 9.59 Å². The number of ether oxygens (including phenoxy) is 1. The highest BCUT2D eigenvalue weighted by atomic mass is 16.5. The first-order valence-corrected chi connectivity index (χ1v) is 8.96. The third-order valence-corrected chi connectivity index (χ3v) is 4.78. The van der Waals surface area contributed by atoms with E-state index in [2.05, 4.69) is 4.98 Å². The summed E-state index contributed by atoms with van der Waals surface area (Å²) in [7, 11) is 3.48. The lowest BCUT2D eigenvalue weighted by Crippen LogP contribution is -2.30. The second-order valence-corrected chi connectivity index (χ2v) is 6.76. The SMILES string of the molecule is COc1ccccc1CCN(C)C(=O)Cc1ccc2[nH]c(=O)c(C)cc2c1. The molecule has 27 heavy (non-hydrogen) atoms. The molecule has 0 radical (unpaired) electrons. The van der Waals surface area contributed by atoms with Gasteiger partial charge >= 0.3 is 0 Å². The molecule has 1 heterocycles. The van der Waals surface area contributed by atoms with Gasteiger partial charge in [-0.1, -0.05) is 24.3 Å². The highest BCUT2D eigenvalue weighted by molar-refractivity contribution is 5.83. The Balaban J connectivity index is 1.66. The average Bonchev–Trinajstić information content (AvgIpc) is 2.67. The van der Waals surface area contributed by atoms with E-state index in [-0.39, 0.29) is 11.5 Å². The van der Waals surface area contributed by atoms with Crippen LogP contribution in [0.2, 0.25) is 0 Å². The van der Waals surface area contributed by atoms with Gasteiger partial charge in [0.15, 0.2) is 0 Å². The van der Waals surface area contributed by atoms with Crippen molar-refractivity contribution in [1.82, 2.24) is 9.88 Å². The van der Waals surface area contributed by atoms with E-state index < -0.39 is 0 Å². The Bertz CT molecular complexity index is 1020. The molecule has 1 N–H and O–H groups in total. The molecule has 0 saturated carbocycles. The third-order valence-electron chi connectivity index (χ3n) is 4.78. The summed E-state index contributed by atoms with van der Waals surface area (Å²) in [6, 6.07) is 15.4. The number of rotatable bonds is 6. The van der Waals surface area contributed by atoms with Crippen LogP contribution in [0.4, 0.5) is 0 Å². The summed E-state index contributed by atoms with van der Waals surface area (Å²) in [4.78, 5) is 28.9. The van der Waals surface area contributed by atoms with Gasteiger partial charge in [0.25, 0.3) is 5.56 Å². The van der Waals surface area contributed by atoms with Gasteiger partial charge in [0, 0.05) is 24.7 Å². The topological polar surface area (TPSA) is 62.4 Å². The summed E-state index contributed by atoms with van der Waals surface area (Å²) >= 11 is 0. The minimum absolute atomic E-state index is 0.0606. The molecule has 5 nitrogen and oxygen atoms in total. The number of pyridine rings is 1. The summed E-state index contributed by atoms with van der Waals surface area (Å²) in [6.07, 6.45) is 1.07. The van der Waals surface area contributed by atoms with Crippen LogP contribution in [0.5, 0.6) is 5.75 Å². The number of hydrogen-bond donors (Lipinski definition) is 1. The second-order valence-electron chi connectivity index (χ2n) is 6.76. The third kappa shape index (κ3) is 4.37. The van der Waals surface area contributed by atoms with Gasteiger partial charge in [0.1, 0.15) is 5.75 Å². The van der Waals surface area contributed by atoms with Gasteiger partial charge in [-0.25, -0.2) is 0 Å². The molecule has 0 spiro atoms. The van der Waals surface area contributed by atoms with Gasteiger partial charge in [-0.15, -0.1) is 0 Å². The highest BCUT2D eigenvalue weighted by Crippen LogP contribution is 2.18. The zero-order valence-corrected chi connectivity index (χ0v) is 15.9. The lowest BCUT2D eigenvalue weighted by Gasteiger charge is -2.18. The Hall–Kier alpha value is -3.08. The van der Waals surface area contributed by atoms with E-state index in [1.54, 1.807) is 18.9 Å². The van der Waals surface area contributed by atoms with Crippen molar-refractivity contribution in [2.45, 2.75) is 19.8 Å². The summed E-state index contributed by atoms with van der Waals surface area (Å²) in [5, 5.41) is 0.939. The van der Waals surface area contributed by atoms with Gasteiger partial charge < -0.3 is 14.6 Å². The minimum Gasteiger partial charge on any atom is -0.496 e. The average molecular weight is 364 g/mol. The van der Waals surface area contributed by atoms with E-state index in [4.69, 9.17) is 4.74 Å². The van der Waals surface area contributed by atoms with Gasteiger partial charge in [-0.2, -0.15) is 0 Å². The largest absolute Gasteiger partial charge is 0.496 e. The normalized spacial score (nSPS) is 10.8. The van der Waals surface area contributed by atoms with Crippen LogP contribution in [0.25, 0.3) is 10.9 Å². The predicted octanol–water partition coefficient (Wildman–Crippen LogP) is 3.09. The summed E-state index contributed by atoms with van der Waals surface area (Å²) < 4.78 is 5.36. The molecule has 0 fully saturated rings. The van der Waals surface area contributed by atoms with Crippen LogP contribution in [0, 0.1) is 6.92 Å². The smallest absolute Gasteiger partial charge is 0.251 e. The van der Waals surface area contributed by atoms with Crippen molar-refractivity contribution in [3.8, 4) is 5.75 Å². The van der Waals surface area contributed by atoms with Crippen LogP contribution in [0.3, 0.4) is 0 Å². The maximum Gasteiger partial charge on any atom is 0.251 e. The number of aromatic amines is 1. The van der Waals surface area contributed by atoms with Gasteiger partial charge in [-0.05, 0) is 54.1 Å². The van der Waals surface area contributed by atoms with Crippen molar-refractivity contribution in [2.24, 2.45) is 0 Å². The monoisotopic (exact) mass is 364 g/mol. The summed E-state index contributed by atoms with van der Waals surface area (Å²) in [5.41, 5.74) is 3.39. The number of aromatic nitrogens is 1. The molecule has 0 saturated heterocycles. The van der Waals surface area contributed by atoms with Crippen molar-refractivity contribution >= 4 is 16.8 Å². The van der Waals surface area contributed by atoms with Gasteiger partial charge in [0.05, 0.1) is 13.5 Å². The number of methoxy groups -OCH3 is 1. The van der Waals surface area contributed by atoms with Gasteiger partial charge in [0.2, 0.25) is 5.91 Å². The number of fused-ring (bicyclic) bond motifs is 1. The molecule has 0 aliphatic heterocycles. The number of carbonyl (C=O) groups is 1. The molecule has 0 aliphatic rings. The molecule has 1 amide bonds. The van der Waals surface area contributed by atoms with Crippen LogP contribution >= 0.6 is 0 Å². The summed E-state index contributed by atoms with van der Waals surface area (Å²) in [5.74, 6) is 0.905. The Morgan fingerprint density at radius 1 is 1.15 bits per heavy atom. The molecular weight excluding hydrogens is 340 g/mol. The van der Waals surface area contributed by atoms with E-state index in [1.807, 2.05) is 55.6 Å². The van der Waals surface area contributed by atoms with E-state index in [0.29, 0.717) is 18.5 Å². The van der Waals surface area contributed by atoms with Gasteiger partial charge in [-0.3, -0.25) is 9.59 Å². The fourth-order valence-corrected chi connectivity index (χ4v) is 3.11. The molecule has 0 unspecified atom stereocenters. The Kier molecular flexibility index (Phi) is 5.60. The Labute approximate surface area is 158 Å². The van der Waals surface area contributed by atoms with Crippen molar-refractivity contribution in [3.05, 3.63) is 75.6 Å². The van der Waals surface area contributed by atoms with Crippen molar-refractivity contribution in [3.63, 3.8) is 0 Å². The number of nitrogens with zero attached hydrogens (tertiary/aromatic N) is 1. The van der Waals surface area contributed by atoms with E-state index >= 15 is 0 Å². The molecule has 3 aromatic rings. The number of aryl methyl sites for hydroxylation is 1. The molecule has 140 valence electrons. The van der Waals surface area contributed by atoms with Crippen LogP contribution in [0.15, 0.2) is 53.3 Å². The quantitative estimate of drug-likeness (QED) is 0.731. The van der Waals surface area contributed by atoms with E-state index in [0.717, 1.165) is 34.2 Å². The molecule has 0 atom stereocenters. The number of benzene rings is 2. The second kappa shape index (κ2) is 8.08. The molecule has 0 bridgehead atoms. The Morgan fingerprint density at radius 3 is 2.70 bits per heavy atom. The van der Waals surface area contributed by atoms with E-state index in [1.165, 1.54) is 0 Å². The highest BCUT2D eigenvalue weighted by Gasteiger charge is 2.12. The zero-order valence-electron chi connectivity index (χ0n) is 15.9. The van der Waals surface area contributed by atoms with Crippen molar-refractivity contribution < 1.29 is 9.53 Å². The predicted molar refractivity (Wildman–Crippen MR) is 107 cm³/mol. The lowest BCUT2D eigenvalue weighted by atomic mass is 10.1. The molecule has 3 rings (SSSR count). The maximum absolute atomic E-state index is 12.6. The summed E-state index contributed by atoms with van der Waals surface area (Å²) in [6.45, 7) is 2.40. The van der Waals surface area contributed by atoms with Crippen LogP contribution in [0.1, 0.15) is 16.7 Å². The van der Waals surface area contributed by atoms with Crippen LogP contribution in [-0.4, -0.2) is 36.5 Å². The van der Waals surface area contributed by atoms with Crippen molar-refractivity contribution in [2.75, 3.05) is 20.7 Å². The zero-order chi connectivity index (χ0) is 19.4. The molecule has 5 heteroatoms. The molecule has 0 aliphatic carbocycles. The number of para-hydroxylation sites is 1. The number of nitrogens with one attached hydrogen (secondary N) is 1. The number of H-pyrrole nitrogens is 1. The standard InChI is InChI=1S/C22H24N2O3/c1-15-12-18-13-16(8-9-19(18)23-22(15)26)14-21(25)24(2)11-10-17-6-4-5-7-20(17)27-3/h4-9,12-13H,10-11,14H2,1-3H3,(H,23,26). The fourth-order valence-electron chi connectivity index (χ4n) is 3.11. The minimum atomic E-state index is -0.0811. The van der Waals surface area contributed by atoms with Crippen LogP contribution in [-0.2, 0) is 17.6 Å². The fraction of sp³-hybridized carbons (Fsp3) is 0.273. The molecule has 2 aromatic carbocycles. The first kappa shape index (κ1) is 18.7. The van der Waals surface area contributed by atoms with Crippen LogP contribution < -0.4 is 10.3 Å². The maximum atomic E-state index is 12.6. The first-order chi connectivity index (χ1) is 13.0. The number of amides is 1. The molecular formula is C22H24N2O3. The number of hydrogen-bond acceptors (Lipinski definition) is 3. The first-order valence-electron chi connectivity index (χ1n) is 8.96. The molecule has 1 aromatic heterocycles. The Morgan fingerprint density at radius 2 is 1.93 bits per heavy atom. The lowest BCUT2D eigenvalue weighted by molar-refractivity contribution is -0.129.